The highest BCUT2D eigenvalue weighted by Gasteiger charge is 2.41. The molecule has 0 saturated heterocycles. The van der Waals surface area contributed by atoms with Gasteiger partial charge < -0.3 is 9.25 Å². The van der Waals surface area contributed by atoms with Crippen molar-refractivity contribution in [2.75, 3.05) is 0 Å². The van der Waals surface area contributed by atoms with Crippen molar-refractivity contribution in [1.82, 2.24) is 14.5 Å². The quantitative estimate of drug-likeness (QED) is 0.271. The summed E-state index contributed by atoms with van der Waals surface area (Å²) in [6.07, 6.45) is 3.38. The molecule has 2 aliphatic rings. The van der Waals surface area contributed by atoms with Crippen molar-refractivity contribution in [3.05, 3.63) is 100 Å². The number of rotatable bonds is 5. The summed E-state index contributed by atoms with van der Waals surface area (Å²) in [5, 5.41) is 4.88. The third kappa shape index (κ3) is 4.11. The number of oxime groups is 1. The lowest BCUT2D eigenvalue weighted by Gasteiger charge is -2.33. The third-order valence-electron chi connectivity index (χ3n) is 7.91. The van der Waals surface area contributed by atoms with Crippen LogP contribution in [-0.4, -0.2) is 20.2 Å². The molecule has 3 aromatic carbocycles. The Morgan fingerprint density at radius 3 is 2.59 bits per heavy atom. The largest absolute Gasteiger partial charge is 0.436 e. The highest BCUT2D eigenvalue weighted by atomic mass is 19.1. The second-order valence-electron chi connectivity index (χ2n) is 11.0. The lowest BCUT2D eigenvalue weighted by molar-refractivity contribution is -0.0267. The SMILES string of the molecule is CC1CC(Cc2nc3cc(C4=NOC(C)(c5nc6ccccc6o5)C4)ccc3c(=O)n2-c2ccc(F)cc2)C1. The lowest BCUT2D eigenvalue weighted by Crippen LogP contribution is -2.29. The van der Waals surface area contributed by atoms with Crippen molar-refractivity contribution < 1.29 is 13.6 Å². The minimum atomic E-state index is -0.838. The van der Waals surface area contributed by atoms with Crippen LogP contribution in [-0.2, 0) is 16.9 Å². The molecule has 0 N–H and O–H groups in total. The van der Waals surface area contributed by atoms with E-state index < -0.39 is 5.60 Å². The number of para-hydroxylation sites is 2. The summed E-state index contributed by atoms with van der Waals surface area (Å²) in [5.74, 6) is 1.98. The summed E-state index contributed by atoms with van der Waals surface area (Å²) in [6.45, 7) is 4.15. The topological polar surface area (TPSA) is 82.5 Å². The van der Waals surface area contributed by atoms with Crippen molar-refractivity contribution in [3.63, 3.8) is 0 Å². The maximum atomic E-state index is 13.7. The number of halogens is 1. The van der Waals surface area contributed by atoms with E-state index in [1.54, 1.807) is 22.8 Å². The van der Waals surface area contributed by atoms with E-state index in [1.165, 1.54) is 12.1 Å². The smallest absolute Gasteiger partial charge is 0.265 e. The van der Waals surface area contributed by atoms with Crippen molar-refractivity contribution in [3.8, 4) is 5.69 Å². The summed E-state index contributed by atoms with van der Waals surface area (Å²) in [4.78, 5) is 29.2. The summed E-state index contributed by atoms with van der Waals surface area (Å²) < 4.78 is 21.3. The predicted octanol–water partition coefficient (Wildman–Crippen LogP) is 6.29. The van der Waals surface area contributed by atoms with Crippen LogP contribution in [0.5, 0.6) is 0 Å². The van der Waals surface area contributed by atoms with E-state index in [0.29, 0.717) is 58.6 Å². The van der Waals surface area contributed by atoms with Crippen molar-refractivity contribution >= 4 is 27.7 Å². The second-order valence-corrected chi connectivity index (χ2v) is 11.0. The minimum absolute atomic E-state index is 0.165. The molecule has 1 saturated carbocycles. The van der Waals surface area contributed by atoms with Crippen LogP contribution in [0.15, 0.2) is 81.1 Å². The molecule has 1 aliphatic heterocycles. The Morgan fingerprint density at radius 1 is 1.03 bits per heavy atom. The Balaban J connectivity index is 1.26. The molecule has 8 heteroatoms. The molecule has 0 spiro atoms. The monoisotopic (exact) mass is 522 g/mol. The van der Waals surface area contributed by atoms with Crippen LogP contribution >= 0.6 is 0 Å². The molecule has 1 unspecified atom stereocenters. The van der Waals surface area contributed by atoms with Gasteiger partial charge in [-0.25, -0.2) is 14.4 Å². The normalized spacial score (nSPS) is 22.6. The van der Waals surface area contributed by atoms with Gasteiger partial charge in [-0.3, -0.25) is 9.36 Å². The van der Waals surface area contributed by atoms with Crippen LogP contribution in [0.3, 0.4) is 0 Å². The fourth-order valence-corrected chi connectivity index (χ4v) is 5.81. The van der Waals surface area contributed by atoms with Gasteiger partial charge in [0.1, 0.15) is 17.2 Å². The fraction of sp³-hybridized carbons (Fsp3) is 0.290. The van der Waals surface area contributed by atoms with E-state index in [9.17, 15) is 9.18 Å². The van der Waals surface area contributed by atoms with E-state index >= 15 is 0 Å². The Kier molecular flexibility index (Phi) is 5.40. The summed E-state index contributed by atoms with van der Waals surface area (Å²) in [7, 11) is 0. The number of oxazole rings is 1. The average molecular weight is 523 g/mol. The Morgan fingerprint density at radius 2 is 1.82 bits per heavy atom. The molecular formula is C31H27FN4O3. The first-order chi connectivity index (χ1) is 18.9. The van der Waals surface area contributed by atoms with Gasteiger partial charge in [-0.1, -0.05) is 30.3 Å². The molecule has 1 atom stereocenters. The number of hydrogen-bond donors (Lipinski definition) is 0. The average Bonchev–Trinajstić information content (AvgIpc) is 3.54. The molecule has 0 amide bonds. The molecule has 7 nitrogen and oxygen atoms in total. The minimum Gasteiger partial charge on any atom is -0.436 e. The van der Waals surface area contributed by atoms with Gasteiger partial charge in [-0.15, -0.1) is 0 Å². The van der Waals surface area contributed by atoms with Gasteiger partial charge in [-0.05, 0) is 80.1 Å². The fourth-order valence-electron chi connectivity index (χ4n) is 5.81. The van der Waals surface area contributed by atoms with Crippen molar-refractivity contribution in [2.45, 2.75) is 45.1 Å². The zero-order valence-corrected chi connectivity index (χ0v) is 21.7. The molecule has 2 aromatic heterocycles. The number of nitrogens with zero attached hydrogens (tertiary/aromatic N) is 4. The van der Waals surface area contributed by atoms with Gasteiger partial charge in [0.25, 0.3) is 5.56 Å². The van der Waals surface area contributed by atoms with Crippen LogP contribution in [0.25, 0.3) is 27.7 Å². The Bertz CT molecular complexity index is 1790. The van der Waals surface area contributed by atoms with E-state index in [0.717, 1.165) is 29.6 Å². The second kappa shape index (κ2) is 8.86. The van der Waals surface area contributed by atoms with E-state index in [4.69, 9.17) is 14.2 Å². The Hall–Kier alpha value is -4.33. The van der Waals surface area contributed by atoms with Crippen LogP contribution in [0.1, 0.15) is 50.4 Å². The summed E-state index contributed by atoms with van der Waals surface area (Å²) >= 11 is 0. The molecule has 1 fully saturated rings. The number of hydrogen-bond acceptors (Lipinski definition) is 6. The van der Waals surface area contributed by atoms with Gasteiger partial charge >= 0.3 is 0 Å². The first-order valence-corrected chi connectivity index (χ1v) is 13.3. The van der Waals surface area contributed by atoms with Crippen LogP contribution in [0, 0.1) is 17.7 Å². The molecule has 196 valence electrons. The zero-order chi connectivity index (χ0) is 26.7. The van der Waals surface area contributed by atoms with Crippen LogP contribution < -0.4 is 5.56 Å². The number of aromatic nitrogens is 3. The predicted molar refractivity (Wildman–Crippen MR) is 146 cm³/mol. The van der Waals surface area contributed by atoms with Gasteiger partial charge in [0.05, 0.1) is 22.3 Å². The molecule has 39 heavy (non-hydrogen) atoms. The van der Waals surface area contributed by atoms with Crippen molar-refractivity contribution in [1.29, 1.82) is 0 Å². The maximum Gasteiger partial charge on any atom is 0.265 e. The van der Waals surface area contributed by atoms with Crippen molar-refractivity contribution in [2.24, 2.45) is 17.0 Å². The number of fused-ring (bicyclic) bond motifs is 2. The molecule has 7 rings (SSSR count). The van der Waals surface area contributed by atoms with Gasteiger partial charge in [0.2, 0.25) is 11.5 Å². The Labute approximate surface area is 223 Å². The summed E-state index contributed by atoms with van der Waals surface area (Å²) in [5.41, 5.74) is 3.26. The molecular weight excluding hydrogens is 495 g/mol. The first-order valence-electron chi connectivity index (χ1n) is 13.3. The third-order valence-corrected chi connectivity index (χ3v) is 7.91. The van der Waals surface area contributed by atoms with Gasteiger partial charge in [-0.2, -0.15) is 0 Å². The molecule has 5 aromatic rings. The van der Waals surface area contributed by atoms with Gasteiger partial charge in [0.15, 0.2) is 5.58 Å². The van der Waals surface area contributed by atoms with E-state index in [2.05, 4.69) is 17.1 Å². The molecule has 1 aliphatic carbocycles. The zero-order valence-electron chi connectivity index (χ0n) is 21.7. The first kappa shape index (κ1) is 23.8. The summed E-state index contributed by atoms with van der Waals surface area (Å²) in [6, 6.07) is 19.2. The van der Waals surface area contributed by atoms with Gasteiger partial charge in [0, 0.05) is 18.4 Å². The van der Waals surface area contributed by atoms with Crippen LogP contribution in [0.2, 0.25) is 0 Å². The lowest BCUT2D eigenvalue weighted by atomic mass is 9.74. The van der Waals surface area contributed by atoms with E-state index in [-0.39, 0.29) is 11.4 Å². The number of benzene rings is 3. The molecule has 3 heterocycles. The molecule has 0 bridgehead atoms. The molecule has 0 radical (unpaired) electrons. The standard InChI is InChI=1S/C31H27FN4O3/c1-18-13-19(14-18)15-28-33-25-16-20(7-12-23(25)29(37)36(28)22-10-8-21(32)9-11-22)26-17-31(2,39-35-26)30-34-24-5-3-4-6-27(24)38-30/h3-12,16,18-19H,13-15,17H2,1-2H3. The van der Waals surface area contributed by atoms with Crippen LogP contribution in [0.4, 0.5) is 4.39 Å². The maximum absolute atomic E-state index is 13.7. The highest BCUT2D eigenvalue weighted by Crippen LogP contribution is 2.38. The van der Waals surface area contributed by atoms with E-state index in [1.807, 2.05) is 43.3 Å². The highest BCUT2D eigenvalue weighted by molar-refractivity contribution is 6.03.